The Bertz CT molecular complexity index is 282. The van der Waals surface area contributed by atoms with Crippen molar-refractivity contribution in [3.8, 4) is 0 Å². The van der Waals surface area contributed by atoms with E-state index >= 15 is 0 Å². The molecule has 0 aliphatic heterocycles. The van der Waals surface area contributed by atoms with E-state index in [1.807, 2.05) is 6.07 Å². The molecule has 2 heterocycles. The van der Waals surface area contributed by atoms with Gasteiger partial charge in [0.25, 0.3) is 0 Å². The van der Waals surface area contributed by atoms with Crippen LogP contribution in [0.1, 0.15) is 0 Å². The monoisotopic (exact) mass is 118 g/mol. The van der Waals surface area contributed by atoms with Crippen molar-refractivity contribution in [2.75, 3.05) is 0 Å². The lowest BCUT2D eigenvalue weighted by molar-refractivity contribution is 1.32. The van der Waals surface area contributed by atoms with Crippen molar-refractivity contribution in [3.05, 3.63) is 24.8 Å². The van der Waals surface area contributed by atoms with Crippen molar-refractivity contribution in [2.24, 2.45) is 0 Å². The molecule has 0 saturated carbocycles. The maximum Gasteiger partial charge on any atom is 0.119 e. The van der Waals surface area contributed by atoms with Crippen molar-refractivity contribution >= 4 is 11.0 Å². The zero-order chi connectivity index (χ0) is 6.10. The van der Waals surface area contributed by atoms with E-state index in [4.69, 9.17) is 0 Å². The lowest BCUT2D eigenvalue weighted by Crippen LogP contribution is -1.70. The van der Waals surface area contributed by atoms with Gasteiger partial charge in [-0.15, -0.1) is 0 Å². The van der Waals surface area contributed by atoms with E-state index in [-0.39, 0.29) is 0 Å². The molecule has 0 aromatic carbocycles. The Morgan fingerprint density at radius 2 is 2.56 bits per heavy atom. The molecule has 0 fully saturated rings. The second kappa shape index (κ2) is 1.55. The molecule has 0 bridgehead atoms. The largest absolute Gasteiger partial charge is 0.344 e. The molecule has 2 aromatic rings. The fraction of sp³-hybridized carbons (Fsp3) is 0. The molecule has 3 heteroatoms. The van der Waals surface area contributed by atoms with Gasteiger partial charge in [0, 0.05) is 6.20 Å². The highest BCUT2D eigenvalue weighted by molar-refractivity contribution is 5.71. The van der Waals surface area contributed by atoms with Crippen molar-refractivity contribution in [3.63, 3.8) is 0 Å². The fourth-order valence-corrected chi connectivity index (χ4v) is 0.731. The summed E-state index contributed by atoms with van der Waals surface area (Å²) in [6, 6.07) is 1.86. The number of aromatic amines is 1. The van der Waals surface area contributed by atoms with Crippen LogP contribution in [0.3, 0.4) is 0 Å². The molecule has 0 aliphatic carbocycles. The van der Waals surface area contributed by atoms with E-state index in [9.17, 15) is 0 Å². The molecule has 0 saturated heterocycles. The van der Waals surface area contributed by atoms with Crippen LogP contribution in [0.25, 0.3) is 11.0 Å². The number of aromatic nitrogens is 3. The summed E-state index contributed by atoms with van der Waals surface area (Å²) < 4.78 is 0. The Labute approximate surface area is 51.8 Å². The Morgan fingerprint density at radius 1 is 1.56 bits per heavy atom. The van der Waals surface area contributed by atoms with Crippen molar-refractivity contribution in [2.45, 2.75) is 0 Å². The molecule has 0 amide bonds. The second-order valence-electron chi connectivity index (χ2n) is 1.72. The SMILES string of the molecule is [c]1nccc2[nH]cnc12. The third kappa shape index (κ3) is 0.579. The van der Waals surface area contributed by atoms with Crippen LogP contribution in [-0.4, -0.2) is 15.0 Å². The van der Waals surface area contributed by atoms with Crippen LogP contribution in [0.15, 0.2) is 18.6 Å². The van der Waals surface area contributed by atoms with Crippen molar-refractivity contribution in [1.29, 1.82) is 0 Å². The third-order valence-corrected chi connectivity index (χ3v) is 1.16. The molecule has 0 aliphatic rings. The first-order valence-corrected chi connectivity index (χ1v) is 2.62. The maximum absolute atomic E-state index is 3.95. The van der Waals surface area contributed by atoms with E-state index in [0.29, 0.717) is 0 Å². The molecule has 1 radical (unpaired) electrons. The van der Waals surface area contributed by atoms with E-state index in [1.54, 1.807) is 12.5 Å². The first kappa shape index (κ1) is 4.49. The predicted molar refractivity (Wildman–Crippen MR) is 32.7 cm³/mol. The minimum absolute atomic E-state index is 0.789. The zero-order valence-electron chi connectivity index (χ0n) is 4.63. The van der Waals surface area contributed by atoms with Crippen LogP contribution in [0.4, 0.5) is 0 Å². The molecule has 0 spiro atoms. The summed E-state index contributed by atoms with van der Waals surface area (Å²) >= 11 is 0. The molecular weight excluding hydrogens is 114 g/mol. The van der Waals surface area contributed by atoms with Gasteiger partial charge in [0.15, 0.2) is 0 Å². The number of pyridine rings is 1. The molecule has 3 nitrogen and oxygen atoms in total. The van der Waals surface area contributed by atoms with E-state index in [0.717, 1.165) is 11.0 Å². The summed E-state index contributed by atoms with van der Waals surface area (Å²) in [5.41, 5.74) is 1.77. The van der Waals surface area contributed by atoms with E-state index < -0.39 is 0 Å². The van der Waals surface area contributed by atoms with Gasteiger partial charge in [-0.1, -0.05) is 0 Å². The van der Waals surface area contributed by atoms with Gasteiger partial charge >= 0.3 is 0 Å². The van der Waals surface area contributed by atoms with Gasteiger partial charge in [-0.25, -0.2) is 4.98 Å². The van der Waals surface area contributed by atoms with Crippen LogP contribution < -0.4 is 0 Å². The van der Waals surface area contributed by atoms with E-state index in [2.05, 4.69) is 21.1 Å². The maximum atomic E-state index is 3.95. The zero-order valence-corrected chi connectivity index (χ0v) is 4.63. The summed E-state index contributed by atoms with van der Waals surface area (Å²) in [4.78, 5) is 10.7. The number of imidazole rings is 1. The Balaban J connectivity index is 2.95. The number of nitrogens with one attached hydrogen (secondary N) is 1. The van der Waals surface area contributed by atoms with Crippen LogP contribution in [0.5, 0.6) is 0 Å². The average Bonchev–Trinajstić information content (AvgIpc) is 2.33. The molecule has 2 aromatic heterocycles. The molecule has 0 unspecified atom stereocenters. The molecular formula is C6H4N3. The van der Waals surface area contributed by atoms with Gasteiger partial charge in [0.05, 0.1) is 11.8 Å². The topological polar surface area (TPSA) is 41.6 Å². The van der Waals surface area contributed by atoms with Gasteiger partial charge < -0.3 is 4.98 Å². The highest BCUT2D eigenvalue weighted by Gasteiger charge is 1.90. The number of H-pyrrole nitrogens is 1. The predicted octanol–water partition coefficient (Wildman–Crippen LogP) is 0.758. The second-order valence-corrected chi connectivity index (χ2v) is 1.72. The smallest absolute Gasteiger partial charge is 0.119 e. The normalized spacial score (nSPS) is 10.2. The molecule has 9 heavy (non-hydrogen) atoms. The Morgan fingerprint density at radius 3 is 3.44 bits per heavy atom. The highest BCUT2D eigenvalue weighted by atomic mass is 14.9. The van der Waals surface area contributed by atoms with Crippen LogP contribution in [-0.2, 0) is 0 Å². The van der Waals surface area contributed by atoms with Gasteiger partial charge in [-0.05, 0) is 6.07 Å². The minimum atomic E-state index is 0.789. The Kier molecular flexibility index (Phi) is 0.773. The van der Waals surface area contributed by atoms with Gasteiger partial charge in [-0.3, -0.25) is 4.98 Å². The average molecular weight is 118 g/mol. The fourth-order valence-electron chi connectivity index (χ4n) is 0.731. The van der Waals surface area contributed by atoms with Gasteiger partial charge in [-0.2, -0.15) is 0 Å². The first-order chi connectivity index (χ1) is 4.47. The number of fused-ring (bicyclic) bond motifs is 1. The standard InChI is InChI=1S/C6H4N3/c1-2-7-3-6-5(1)8-4-9-6/h1-2,4H,(H,8,9). The quantitative estimate of drug-likeness (QED) is 0.554. The van der Waals surface area contributed by atoms with Crippen LogP contribution in [0, 0.1) is 6.20 Å². The van der Waals surface area contributed by atoms with E-state index in [1.165, 1.54) is 0 Å². The van der Waals surface area contributed by atoms with Gasteiger partial charge in [0.2, 0.25) is 0 Å². The number of hydrogen-bond acceptors (Lipinski definition) is 2. The van der Waals surface area contributed by atoms with Crippen LogP contribution in [0.2, 0.25) is 0 Å². The Hall–Kier alpha value is -1.38. The van der Waals surface area contributed by atoms with Gasteiger partial charge in [0.1, 0.15) is 11.7 Å². The lowest BCUT2D eigenvalue weighted by Gasteiger charge is -1.79. The summed E-state index contributed by atoms with van der Waals surface area (Å²) in [6.07, 6.45) is 6.05. The summed E-state index contributed by atoms with van der Waals surface area (Å²) in [5.74, 6) is 0. The molecule has 0 atom stereocenters. The molecule has 2 rings (SSSR count). The molecule has 43 valence electrons. The number of rotatable bonds is 0. The first-order valence-electron chi connectivity index (χ1n) is 2.62. The lowest BCUT2D eigenvalue weighted by atomic mass is 10.4. The minimum Gasteiger partial charge on any atom is -0.344 e. The molecule has 1 N–H and O–H groups in total. The summed E-state index contributed by atoms with van der Waals surface area (Å²) in [7, 11) is 0. The van der Waals surface area contributed by atoms with Crippen molar-refractivity contribution in [1.82, 2.24) is 15.0 Å². The van der Waals surface area contributed by atoms with Crippen LogP contribution >= 0.6 is 0 Å². The highest BCUT2D eigenvalue weighted by Crippen LogP contribution is 2.02. The summed E-state index contributed by atoms with van der Waals surface area (Å²) in [5, 5.41) is 0. The summed E-state index contributed by atoms with van der Waals surface area (Å²) in [6.45, 7) is 0. The number of hydrogen-bond donors (Lipinski definition) is 1. The third-order valence-electron chi connectivity index (χ3n) is 1.16. The van der Waals surface area contributed by atoms with Crippen molar-refractivity contribution < 1.29 is 0 Å². The number of nitrogens with zero attached hydrogens (tertiary/aromatic N) is 2.